The van der Waals surface area contributed by atoms with E-state index < -0.39 is 18.1 Å². The summed E-state index contributed by atoms with van der Waals surface area (Å²) in [6, 6.07) is -0.0558. The van der Waals surface area contributed by atoms with Gasteiger partial charge in [0.1, 0.15) is 0 Å². The SMILES string of the molecule is CCC(C)N(C)CCNC(=O)C1CCC(C(F)(F)F)CN1. The van der Waals surface area contributed by atoms with Crippen LogP contribution in [0.4, 0.5) is 13.2 Å². The first-order valence-corrected chi connectivity index (χ1v) is 7.53. The molecule has 1 fully saturated rings. The molecule has 3 unspecified atom stereocenters. The van der Waals surface area contributed by atoms with E-state index in [0.29, 0.717) is 12.6 Å². The highest BCUT2D eigenvalue weighted by Gasteiger charge is 2.42. The number of hydrogen-bond donors (Lipinski definition) is 2. The maximum absolute atomic E-state index is 12.5. The molecule has 0 aromatic rings. The fraction of sp³-hybridized carbons (Fsp3) is 0.929. The molecule has 1 aliphatic rings. The van der Waals surface area contributed by atoms with Gasteiger partial charge in [-0.3, -0.25) is 4.79 Å². The molecule has 0 aromatic carbocycles. The number of amides is 1. The van der Waals surface area contributed by atoms with Crippen molar-refractivity contribution >= 4 is 5.91 Å². The average Bonchev–Trinajstić information content (AvgIpc) is 2.45. The van der Waals surface area contributed by atoms with Crippen molar-refractivity contribution in [1.82, 2.24) is 15.5 Å². The minimum Gasteiger partial charge on any atom is -0.353 e. The van der Waals surface area contributed by atoms with Gasteiger partial charge in [-0.1, -0.05) is 6.92 Å². The summed E-state index contributed by atoms with van der Waals surface area (Å²) in [5, 5.41) is 5.49. The maximum atomic E-state index is 12.5. The second kappa shape index (κ2) is 7.98. The second-order valence-electron chi connectivity index (χ2n) is 5.81. The lowest BCUT2D eigenvalue weighted by Gasteiger charge is -2.30. The molecule has 0 aromatic heterocycles. The molecule has 124 valence electrons. The van der Waals surface area contributed by atoms with Gasteiger partial charge in [0.2, 0.25) is 5.91 Å². The molecule has 0 aliphatic carbocycles. The fourth-order valence-corrected chi connectivity index (χ4v) is 2.37. The maximum Gasteiger partial charge on any atom is 0.393 e. The number of carbonyl (C=O) groups excluding carboxylic acids is 1. The lowest BCUT2D eigenvalue weighted by molar-refractivity contribution is -0.180. The van der Waals surface area contributed by atoms with Crippen LogP contribution < -0.4 is 10.6 Å². The highest BCUT2D eigenvalue weighted by Crippen LogP contribution is 2.31. The molecule has 0 radical (unpaired) electrons. The van der Waals surface area contributed by atoms with E-state index in [9.17, 15) is 18.0 Å². The molecule has 1 heterocycles. The molecular weight excluding hydrogens is 283 g/mol. The Morgan fingerprint density at radius 1 is 1.43 bits per heavy atom. The normalized spacial score (nSPS) is 24.9. The molecule has 0 spiro atoms. The summed E-state index contributed by atoms with van der Waals surface area (Å²) in [4.78, 5) is 14.0. The van der Waals surface area contributed by atoms with E-state index in [-0.39, 0.29) is 25.3 Å². The van der Waals surface area contributed by atoms with E-state index >= 15 is 0 Å². The Balaban J connectivity index is 2.26. The van der Waals surface area contributed by atoms with Crippen LogP contribution >= 0.6 is 0 Å². The minimum atomic E-state index is -4.17. The molecule has 2 N–H and O–H groups in total. The number of nitrogens with zero attached hydrogens (tertiary/aromatic N) is 1. The van der Waals surface area contributed by atoms with Crippen LogP contribution in [0, 0.1) is 5.92 Å². The summed E-state index contributed by atoms with van der Waals surface area (Å²) in [7, 11) is 1.99. The van der Waals surface area contributed by atoms with Crippen LogP contribution in [0.25, 0.3) is 0 Å². The van der Waals surface area contributed by atoms with Crippen molar-refractivity contribution in [2.75, 3.05) is 26.7 Å². The number of alkyl halides is 3. The van der Waals surface area contributed by atoms with Crippen molar-refractivity contribution in [3.05, 3.63) is 0 Å². The van der Waals surface area contributed by atoms with Gasteiger partial charge in [-0.25, -0.2) is 0 Å². The number of nitrogens with one attached hydrogen (secondary N) is 2. The second-order valence-corrected chi connectivity index (χ2v) is 5.81. The van der Waals surface area contributed by atoms with Gasteiger partial charge in [0, 0.05) is 25.7 Å². The topological polar surface area (TPSA) is 44.4 Å². The summed E-state index contributed by atoms with van der Waals surface area (Å²) in [6.07, 6.45) is -2.89. The summed E-state index contributed by atoms with van der Waals surface area (Å²) in [5.41, 5.74) is 0. The first kappa shape index (κ1) is 18.2. The molecule has 1 saturated heterocycles. The first-order valence-electron chi connectivity index (χ1n) is 7.53. The molecule has 7 heteroatoms. The van der Waals surface area contributed by atoms with Crippen molar-refractivity contribution in [3.8, 4) is 0 Å². The Hall–Kier alpha value is -0.820. The Morgan fingerprint density at radius 2 is 2.10 bits per heavy atom. The van der Waals surface area contributed by atoms with Crippen LogP contribution in [0.3, 0.4) is 0 Å². The summed E-state index contributed by atoms with van der Waals surface area (Å²) in [5.74, 6) is -1.54. The molecule has 3 atom stereocenters. The van der Waals surface area contributed by atoms with Crippen LogP contribution in [0.2, 0.25) is 0 Å². The third kappa shape index (κ3) is 5.82. The van der Waals surface area contributed by atoms with Gasteiger partial charge in [0.25, 0.3) is 0 Å². The van der Waals surface area contributed by atoms with E-state index in [0.717, 1.165) is 13.0 Å². The molecule has 1 rings (SSSR count). The number of likely N-dealkylation sites (N-methyl/N-ethyl adjacent to an activating group) is 1. The van der Waals surface area contributed by atoms with Crippen molar-refractivity contribution < 1.29 is 18.0 Å². The summed E-state index contributed by atoms with van der Waals surface area (Å²) >= 11 is 0. The van der Waals surface area contributed by atoms with Gasteiger partial charge in [-0.2, -0.15) is 13.2 Å². The Bertz CT molecular complexity index is 328. The van der Waals surface area contributed by atoms with E-state index in [1.165, 1.54) is 0 Å². The number of piperidine rings is 1. The largest absolute Gasteiger partial charge is 0.393 e. The van der Waals surface area contributed by atoms with Crippen molar-refractivity contribution in [1.29, 1.82) is 0 Å². The zero-order chi connectivity index (χ0) is 16.0. The van der Waals surface area contributed by atoms with E-state index in [4.69, 9.17) is 0 Å². The van der Waals surface area contributed by atoms with Crippen LogP contribution in [0.15, 0.2) is 0 Å². The zero-order valence-corrected chi connectivity index (χ0v) is 13.0. The Labute approximate surface area is 124 Å². The van der Waals surface area contributed by atoms with Crippen molar-refractivity contribution in [2.45, 2.75) is 51.4 Å². The third-order valence-electron chi connectivity index (χ3n) is 4.30. The van der Waals surface area contributed by atoms with Crippen molar-refractivity contribution in [3.63, 3.8) is 0 Å². The monoisotopic (exact) mass is 309 g/mol. The number of hydrogen-bond acceptors (Lipinski definition) is 3. The predicted molar refractivity (Wildman–Crippen MR) is 76.0 cm³/mol. The first-order chi connectivity index (χ1) is 9.75. The van der Waals surface area contributed by atoms with Gasteiger partial charge in [-0.15, -0.1) is 0 Å². The van der Waals surface area contributed by atoms with E-state index in [1.807, 2.05) is 7.05 Å². The molecular formula is C14H26F3N3O. The third-order valence-corrected chi connectivity index (χ3v) is 4.30. The highest BCUT2D eigenvalue weighted by molar-refractivity contribution is 5.81. The number of halogens is 3. The van der Waals surface area contributed by atoms with Crippen LogP contribution in [0.1, 0.15) is 33.1 Å². The average molecular weight is 309 g/mol. The zero-order valence-electron chi connectivity index (χ0n) is 13.0. The van der Waals surface area contributed by atoms with Gasteiger partial charge < -0.3 is 15.5 Å². The summed E-state index contributed by atoms with van der Waals surface area (Å²) in [6.45, 7) is 5.29. The smallest absolute Gasteiger partial charge is 0.353 e. The van der Waals surface area contributed by atoms with Crippen LogP contribution in [-0.2, 0) is 4.79 Å². The fourth-order valence-electron chi connectivity index (χ4n) is 2.37. The van der Waals surface area contributed by atoms with Crippen molar-refractivity contribution in [2.24, 2.45) is 5.92 Å². The lowest BCUT2D eigenvalue weighted by atomic mass is 9.94. The van der Waals surface area contributed by atoms with Crippen LogP contribution in [0.5, 0.6) is 0 Å². The Morgan fingerprint density at radius 3 is 2.57 bits per heavy atom. The summed E-state index contributed by atoms with van der Waals surface area (Å²) < 4.78 is 37.6. The van der Waals surface area contributed by atoms with Crippen LogP contribution in [-0.4, -0.2) is 55.7 Å². The molecule has 4 nitrogen and oxygen atoms in total. The molecule has 0 saturated carbocycles. The number of carbonyl (C=O) groups is 1. The molecule has 1 aliphatic heterocycles. The molecule has 0 bridgehead atoms. The van der Waals surface area contributed by atoms with Gasteiger partial charge in [0.15, 0.2) is 0 Å². The van der Waals surface area contributed by atoms with Gasteiger partial charge in [0.05, 0.1) is 12.0 Å². The number of rotatable bonds is 6. The van der Waals surface area contributed by atoms with Gasteiger partial charge in [-0.05, 0) is 33.2 Å². The van der Waals surface area contributed by atoms with Gasteiger partial charge >= 0.3 is 6.18 Å². The lowest BCUT2D eigenvalue weighted by Crippen LogP contribution is -2.52. The Kier molecular flexibility index (Phi) is 6.93. The van der Waals surface area contributed by atoms with E-state index in [1.54, 1.807) is 0 Å². The quantitative estimate of drug-likeness (QED) is 0.786. The predicted octanol–water partition coefficient (Wildman–Crippen LogP) is 1.76. The van der Waals surface area contributed by atoms with E-state index in [2.05, 4.69) is 29.4 Å². The standard InChI is InChI=1S/C14H26F3N3O/c1-4-10(2)20(3)8-7-18-13(21)12-6-5-11(9-19-12)14(15,16)17/h10-12,19H,4-9H2,1-3H3,(H,18,21). The highest BCUT2D eigenvalue weighted by atomic mass is 19.4. The molecule has 1 amide bonds. The molecule has 21 heavy (non-hydrogen) atoms. The minimum absolute atomic E-state index is 0.0152.